The molecule has 2 amide bonds. The van der Waals surface area contributed by atoms with Gasteiger partial charge in [0.2, 0.25) is 0 Å². The number of aliphatic carboxylic acids is 1. The van der Waals surface area contributed by atoms with Crippen molar-refractivity contribution in [3.8, 4) is 0 Å². The summed E-state index contributed by atoms with van der Waals surface area (Å²) in [6, 6.07) is 0.0243. The molecule has 190 valence electrons. The van der Waals surface area contributed by atoms with Gasteiger partial charge < -0.3 is 36.2 Å². The highest BCUT2D eigenvalue weighted by Crippen LogP contribution is 2.62. The lowest BCUT2D eigenvalue weighted by molar-refractivity contribution is -0.338. The summed E-state index contributed by atoms with van der Waals surface area (Å²) in [6.45, 7) is 7.18. The highest BCUT2D eigenvalue weighted by Gasteiger charge is 2.72. The van der Waals surface area contributed by atoms with Crippen LogP contribution in [0.1, 0.15) is 66.7 Å². The largest absolute Gasteiger partial charge is 0.481 e. The minimum Gasteiger partial charge on any atom is -0.481 e. The van der Waals surface area contributed by atoms with Gasteiger partial charge in [-0.05, 0) is 46.5 Å². The van der Waals surface area contributed by atoms with Crippen molar-refractivity contribution in [3.63, 3.8) is 0 Å². The summed E-state index contributed by atoms with van der Waals surface area (Å²) >= 11 is 1.78. The molecular weight excluding hydrogens is 448 g/mol. The van der Waals surface area contributed by atoms with Gasteiger partial charge in [0.15, 0.2) is 0 Å². The number of aliphatic hydroxyl groups excluding tert-OH is 1. The summed E-state index contributed by atoms with van der Waals surface area (Å²) in [5, 5.41) is 60.1. The molecule has 3 aliphatic rings. The molecule has 0 spiro atoms. The van der Waals surface area contributed by atoms with E-state index in [4.69, 9.17) is 0 Å². The molecule has 1 aliphatic carbocycles. The van der Waals surface area contributed by atoms with Crippen molar-refractivity contribution in [1.29, 1.82) is 0 Å². The van der Waals surface area contributed by atoms with Crippen LogP contribution in [-0.2, 0) is 4.79 Å². The maximum Gasteiger partial charge on any atom is 0.315 e. The Bertz CT molecular complexity index is 789. The van der Waals surface area contributed by atoms with Gasteiger partial charge in [0, 0.05) is 21.8 Å². The van der Waals surface area contributed by atoms with Crippen molar-refractivity contribution < 1.29 is 35.1 Å². The minimum absolute atomic E-state index is 0.0602. The summed E-state index contributed by atoms with van der Waals surface area (Å²) in [5.74, 6) is -0.893. The molecule has 0 aromatic rings. The van der Waals surface area contributed by atoms with Gasteiger partial charge in [-0.25, -0.2) is 4.79 Å². The van der Waals surface area contributed by atoms with Gasteiger partial charge in [-0.1, -0.05) is 20.3 Å². The second-order valence-electron chi connectivity index (χ2n) is 11.5. The lowest BCUT2D eigenvalue weighted by Gasteiger charge is -2.66. The SMILES string of the molecule is CC1(O)C(C)(O)[C@](C)(O)C(C)(CO)C[C@@]1(C)CC(CCCC1SC[C@@H]2NC(=O)N[C@H]12)C(=O)O. The molecule has 2 aliphatic heterocycles. The van der Waals surface area contributed by atoms with E-state index >= 15 is 0 Å². The number of amides is 2. The van der Waals surface area contributed by atoms with Crippen LogP contribution in [0, 0.1) is 16.7 Å². The second kappa shape index (κ2) is 8.55. The Labute approximate surface area is 199 Å². The third-order valence-electron chi connectivity index (χ3n) is 9.40. The molecule has 2 saturated heterocycles. The Balaban J connectivity index is 1.73. The molecule has 3 fully saturated rings. The predicted octanol–water partition coefficient (Wildman–Crippen LogP) is 1.07. The molecule has 0 radical (unpaired) electrons. The number of carbonyl (C=O) groups excluding carboxylic acids is 1. The Morgan fingerprint density at radius 2 is 1.67 bits per heavy atom. The van der Waals surface area contributed by atoms with E-state index in [0.717, 1.165) is 12.2 Å². The lowest BCUT2D eigenvalue weighted by Crippen LogP contribution is -2.79. The predicted molar refractivity (Wildman–Crippen MR) is 125 cm³/mol. The summed E-state index contributed by atoms with van der Waals surface area (Å²) in [5.41, 5.74) is -7.81. The first-order valence-corrected chi connectivity index (χ1v) is 12.8. The molecule has 9 atom stereocenters. The number of carboxylic acid groups (broad SMARTS) is 1. The number of carbonyl (C=O) groups is 2. The van der Waals surface area contributed by atoms with Crippen LogP contribution in [-0.4, -0.2) is 84.0 Å². The van der Waals surface area contributed by atoms with Crippen LogP contribution >= 0.6 is 11.8 Å². The van der Waals surface area contributed by atoms with Crippen molar-refractivity contribution in [2.75, 3.05) is 12.4 Å². The smallest absolute Gasteiger partial charge is 0.315 e. The zero-order valence-electron chi connectivity index (χ0n) is 20.2. The van der Waals surface area contributed by atoms with Gasteiger partial charge in [0.25, 0.3) is 0 Å². The van der Waals surface area contributed by atoms with Gasteiger partial charge in [0.1, 0.15) is 11.2 Å². The third-order valence-corrected chi connectivity index (χ3v) is 10.9. The fourth-order valence-corrected chi connectivity index (χ4v) is 7.94. The first kappa shape index (κ1) is 26.5. The first-order valence-electron chi connectivity index (χ1n) is 11.7. The molecular formula is C23H40N2O7S. The number of thioether (sulfide) groups is 1. The molecule has 7 N–H and O–H groups in total. The van der Waals surface area contributed by atoms with Crippen molar-refractivity contribution in [2.45, 2.75) is 101 Å². The van der Waals surface area contributed by atoms with Crippen LogP contribution in [0.2, 0.25) is 0 Å². The van der Waals surface area contributed by atoms with Crippen LogP contribution < -0.4 is 10.6 Å². The van der Waals surface area contributed by atoms with Crippen LogP contribution in [0.5, 0.6) is 0 Å². The number of aliphatic hydroxyl groups is 4. The Hall–Kier alpha value is -1.07. The van der Waals surface area contributed by atoms with E-state index in [2.05, 4.69) is 10.6 Å². The fraction of sp³-hybridized carbons (Fsp3) is 0.913. The number of hydrogen-bond acceptors (Lipinski definition) is 7. The quantitative estimate of drug-likeness (QED) is 0.250. The summed E-state index contributed by atoms with van der Waals surface area (Å²) in [7, 11) is 0. The van der Waals surface area contributed by atoms with Gasteiger partial charge in [-0.15, -0.1) is 0 Å². The highest BCUT2D eigenvalue weighted by molar-refractivity contribution is 8.00. The summed E-state index contributed by atoms with van der Waals surface area (Å²) in [4.78, 5) is 23.8. The van der Waals surface area contributed by atoms with Crippen LogP contribution in [0.3, 0.4) is 0 Å². The Morgan fingerprint density at radius 3 is 2.24 bits per heavy atom. The molecule has 2 heterocycles. The van der Waals surface area contributed by atoms with Crippen LogP contribution in [0.4, 0.5) is 4.79 Å². The summed E-state index contributed by atoms with van der Waals surface area (Å²) in [6.07, 6.45) is 2.06. The number of rotatable bonds is 8. The van der Waals surface area contributed by atoms with Crippen molar-refractivity contribution >= 4 is 23.8 Å². The van der Waals surface area contributed by atoms with Gasteiger partial charge >= 0.3 is 12.0 Å². The number of urea groups is 1. The molecule has 0 aromatic carbocycles. The van der Waals surface area contributed by atoms with E-state index in [1.165, 1.54) is 20.8 Å². The highest BCUT2D eigenvalue weighted by atomic mass is 32.2. The standard InChI is InChI=1S/C23H40N2O7S/c1-19(11-20(2,12-26)22(4,31)23(5,32)21(19,3)30)9-13(17(27)28)7-6-8-15-16-14(10-33-15)24-18(29)25-16/h13-16,26,30-32H,6-12H2,1-5H3,(H,27,28)(H2,24,25,29)/t13?,14-,15?,16-,19+,20?,21?,22+,23?/m0/s1. The maximum absolute atomic E-state index is 12.2. The lowest BCUT2D eigenvalue weighted by atomic mass is 9.44. The minimum atomic E-state index is -1.99. The number of fused-ring (bicyclic) bond motifs is 1. The topological polar surface area (TPSA) is 159 Å². The monoisotopic (exact) mass is 488 g/mol. The summed E-state index contributed by atoms with van der Waals surface area (Å²) < 4.78 is 0. The van der Waals surface area contributed by atoms with Gasteiger partial charge in [0.05, 0.1) is 30.2 Å². The average molecular weight is 489 g/mol. The van der Waals surface area contributed by atoms with Crippen LogP contribution in [0.25, 0.3) is 0 Å². The van der Waals surface area contributed by atoms with E-state index in [1.54, 1.807) is 25.6 Å². The Kier molecular flexibility index (Phi) is 6.87. The fourth-order valence-electron chi connectivity index (χ4n) is 6.40. The molecule has 1 saturated carbocycles. The normalized spacial score (nSPS) is 48.2. The molecule has 0 aromatic heterocycles. The maximum atomic E-state index is 12.2. The molecule has 9 nitrogen and oxygen atoms in total. The molecule has 3 rings (SSSR count). The van der Waals surface area contributed by atoms with Crippen LogP contribution in [0.15, 0.2) is 0 Å². The molecule has 0 bridgehead atoms. The van der Waals surface area contributed by atoms with Crippen molar-refractivity contribution in [2.24, 2.45) is 16.7 Å². The van der Waals surface area contributed by atoms with Crippen molar-refractivity contribution in [3.05, 3.63) is 0 Å². The van der Waals surface area contributed by atoms with Gasteiger partial charge in [-0.3, -0.25) is 4.79 Å². The number of carboxylic acids is 1. The first-order chi connectivity index (χ1) is 15.0. The van der Waals surface area contributed by atoms with Gasteiger partial charge in [-0.2, -0.15) is 11.8 Å². The zero-order valence-corrected chi connectivity index (χ0v) is 21.0. The third kappa shape index (κ3) is 4.05. The van der Waals surface area contributed by atoms with E-state index in [0.29, 0.717) is 12.8 Å². The van der Waals surface area contributed by atoms with E-state index in [-0.39, 0.29) is 36.2 Å². The molecule has 10 heteroatoms. The number of nitrogens with one attached hydrogen (secondary N) is 2. The number of hydrogen-bond donors (Lipinski definition) is 7. The van der Waals surface area contributed by atoms with E-state index in [1.807, 2.05) is 0 Å². The van der Waals surface area contributed by atoms with Crippen molar-refractivity contribution in [1.82, 2.24) is 10.6 Å². The second-order valence-corrected chi connectivity index (χ2v) is 12.7. The Morgan fingerprint density at radius 1 is 1.06 bits per heavy atom. The average Bonchev–Trinajstić information content (AvgIpc) is 3.25. The molecule has 33 heavy (non-hydrogen) atoms. The van der Waals surface area contributed by atoms with E-state index in [9.17, 15) is 35.1 Å². The van der Waals surface area contributed by atoms with E-state index < -0.39 is 46.1 Å². The molecule has 5 unspecified atom stereocenters. The zero-order chi connectivity index (χ0) is 25.0.